The van der Waals surface area contributed by atoms with Crippen molar-refractivity contribution in [3.63, 3.8) is 0 Å². The van der Waals surface area contributed by atoms with Gasteiger partial charge in [0.2, 0.25) is 5.82 Å². The Hall–Kier alpha value is -2.41. The minimum absolute atomic E-state index is 0.0797. The normalized spacial score (nSPS) is 10.4. The largest absolute Gasteiger partial charge is 0.304 e. The molecule has 0 spiro atoms. The van der Waals surface area contributed by atoms with Crippen molar-refractivity contribution in [2.24, 2.45) is 0 Å². The summed E-state index contributed by atoms with van der Waals surface area (Å²) in [4.78, 5) is 28.2. The Balaban J connectivity index is 1.85. The molecule has 3 rings (SSSR count). The minimum atomic E-state index is -0.416. The van der Waals surface area contributed by atoms with Crippen LogP contribution in [0.1, 0.15) is 10.6 Å². The van der Waals surface area contributed by atoms with Crippen LogP contribution in [0.25, 0.3) is 11.0 Å². The highest BCUT2D eigenvalue weighted by molar-refractivity contribution is 9.10. The van der Waals surface area contributed by atoms with Crippen molar-refractivity contribution in [2.45, 2.75) is 0 Å². The molecule has 1 N–H and O–H groups in total. The second-order valence-electron chi connectivity index (χ2n) is 3.93. The highest BCUT2D eigenvalue weighted by atomic mass is 79.9. The number of anilines is 1. The fraction of sp³-hybridized carbons (Fsp3) is 0. The van der Waals surface area contributed by atoms with Crippen LogP contribution < -0.4 is 5.32 Å². The summed E-state index contributed by atoms with van der Waals surface area (Å²) >= 11 is 3.21. The van der Waals surface area contributed by atoms with E-state index in [-0.39, 0.29) is 5.82 Å². The topological polar surface area (TPSA) is 80.7 Å². The predicted octanol–water partition coefficient (Wildman–Crippen LogP) is 2.43. The SMILES string of the molecule is O=C(Nc1ccc2cccnc2n1)c1ncc(Br)cn1. The second kappa shape index (κ2) is 5.30. The molecule has 0 saturated carbocycles. The van der Waals surface area contributed by atoms with Crippen LogP contribution >= 0.6 is 15.9 Å². The first-order valence-electron chi connectivity index (χ1n) is 5.73. The number of nitrogens with one attached hydrogen (secondary N) is 1. The van der Waals surface area contributed by atoms with Crippen LogP contribution in [0, 0.1) is 0 Å². The number of halogens is 1. The molecule has 0 radical (unpaired) electrons. The van der Waals surface area contributed by atoms with E-state index in [9.17, 15) is 4.79 Å². The van der Waals surface area contributed by atoms with Crippen LogP contribution in [-0.2, 0) is 0 Å². The molecule has 6 nitrogen and oxygen atoms in total. The molecule has 0 saturated heterocycles. The number of nitrogens with zero attached hydrogens (tertiary/aromatic N) is 4. The van der Waals surface area contributed by atoms with Crippen molar-refractivity contribution in [3.8, 4) is 0 Å². The molecule has 0 fully saturated rings. The molecule has 0 aromatic carbocycles. The van der Waals surface area contributed by atoms with E-state index in [0.717, 1.165) is 5.39 Å². The second-order valence-corrected chi connectivity index (χ2v) is 4.84. The number of fused-ring (bicyclic) bond motifs is 1. The molecule has 0 aliphatic carbocycles. The number of aromatic nitrogens is 4. The van der Waals surface area contributed by atoms with E-state index in [4.69, 9.17) is 0 Å². The first kappa shape index (κ1) is 12.6. The van der Waals surface area contributed by atoms with E-state index in [1.165, 1.54) is 12.4 Å². The number of hydrogen-bond donors (Lipinski definition) is 1. The Morgan fingerprint density at radius 2 is 1.90 bits per heavy atom. The minimum Gasteiger partial charge on any atom is -0.304 e. The summed E-state index contributed by atoms with van der Waals surface area (Å²) in [6, 6.07) is 7.28. The Morgan fingerprint density at radius 1 is 1.10 bits per heavy atom. The van der Waals surface area contributed by atoms with Crippen LogP contribution in [-0.4, -0.2) is 25.8 Å². The van der Waals surface area contributed by atoms with Crippen LogP contribution in [0.2, 0.25) is 0 Å². The highest BCUT2D eigenvalue weighted by Crippen LogP contribution is 2.13. The third kappa shape index (κ3) is 2.62. The molecular formula is C13H8BrN5O. The van der Waals surface area contributed by atoms with E-state index in [0.29, 0.717) is 15.9 Å². The lowest BCUT2D eigenvalue weighted by Gasteiger charge is -2.04. The molecule has 20 heavy (non-hydrogen) atoms. The van der Waals surface area contributed by atoms with E-state index < -0.39 is 5.91 Å². The van der Waals surface area contributed by atoms with Gasteiger partial charge in [0.05, 0.1) is 4.47 Å². The average molecular weight is 330 g/mol. The van der Waals surface area contributed by atoms with E-state index in [1.54, 1.807) is 12.3 Å². The lowest BCUT2D eigenvalue weighted by Crippen LogP contribution is -2.16. The van der Waals surface area contributed by atoms with Gasteiger partial charge in [-0.05, 0) is 40.2 Å². The molecule has 0 aliphatic rings. The third-order valence-corrected chi connectivity index (χ3v) is 2.94. The van der Waals surface area contributed by atoms with Crippen LogP contribution in [0.5, 0.6) is 0 Å². The van der Waals surface area contributed by atoms with E-state index >= 15 is 0 Å². The number of hydrogen-bond acceptors (Lipinski definition) is 5. The molecule has 98 valence electrons. The number of pyridine rings is 2. The fourth-order valence-electron chi connectivity index (χ4n) is 1.62. The fourth-order valence-corrected chi connectivity index (χ4v) is 1.83. The maximum absolute atomic E-state index is 11.9. The molecule has 3 aromatic heterocycles. The zero-order valence-electron chi connectivity index (χ0n) is 10.1. The molecule has 0 atom stereocenters. The van der Waals surface area contributed by atoms with Crippen molar-refractivity contribution in [2.75, 3.05) is 5.32 Å². The van der Waals surface area contributed by atoms with Gasteiger partial charge in [-0.1, -0.05) is 0 Å². The number of rotatable bonds is 2. The maximum Gasteiger partial charge on any atom is 0.294 e. The van der Waals surface area contributed by atoms with Crippen molar-refractivity contribution < 1.29 is 4.79 Å². The van der Waals surface area contributed by atoms with Gasteiger partial charge in [0.1, 0.15) is 5.82 Å². The van der Waals surface area contributed by atoms with Crippen molar-refractivity contribution in [1.82, 2.24) is 19.9 Å². The summed E-state index contributed by atoms with van der Waals surface area (Å²) in [5.41, 5.74) is 0.571. The van der Waals surface area contributed by atoms with Gasteiger partial charge in [-0.2, -0.15) is 0 Å². The highest BCUT2D eigenvalue weighted by Gasteiger charge is 2.10. The zero-order chi connectivity index (χ0) is 13.9. The zero-order valence-corrected chi connectivity index (χ0v) is 11.7. The Labute approximate surface area is 122 Å². The van der Waals surface area contributed by atoms with Gasteiger partial charge in [-0.25, -0.2) is 19.9 Å². The molecule has 3 heterocycles. The first-order chi connectivity index (χ1) is 9.72. The van der Waals surface area contributed by atoms with Gasteiger partial charge in [0, 0.05) is 24.0 Å². The number of amides is 1. The standard InChI is InChI=1S/C13H8BrN5O/c14-9-6-16-12(17-7-9)13(20)19-10-4-3-8-2-1-5-15-11(8)18-10/h1-7H,(H,15,18,19,20). The molecular weight excluding hydrogens is 322 g/mol. The summed E-state index contributed by atoms with van der Waals surface area (Å²) in [6.45, 7) is 0. The summed E-state index contributed by atoms with van der Waals surface area (Å²) in [7, 11) is 0. The monoisotopic (exact) mass is 329 g/mol. The van der Waals surface area contributed by atoms with Crippen molar-refractivity contribution >= 4 is 38.7 Å². The van der Waals surface area contributed by atoms with Crippen molar-refractivity contribution in [3.05, 3.63) is 53.2 Å². The smallest absolute Gasteiger partial charge is 0.294 e. The van der Waals surface area contributed by atoms with E-state index in [1.807, 2.05) is 18.2 Å². The summed E-state index contributed by atoms with van der Waals surface area (Å²) in [5, 5.41) is 3.55. The molecule has 0 aliphatic heterocycles. The predicted molar refractivity (Wildman–Crippen MR) is 77.2 cm³/mol. The maximum atomic E-state index is 11.9. The van der Waals surface area contributed by atoms with Crippen LogP contribution in [0.4, 0.5) is 5.82 Å². The molecule has 3 aromatic rings. The van der Waals surface area contributed by atoms with Gasteiger partial charge < -0.3 is 5.32 Å². The summed E-state index contributed by atoms with van der Waals surface area (Å²) < 4.78 is 0.710. The summed E-state index contributed by atoms with van der Waals surface area (Å²) in [5.74, 6) is 0.0733. The van der Waals surface area contributed by atoms with Gasteiger partial charge in [-0.15, -0.1) is 0 Å². The summed E-state index contributed by atoms with van der Waals surface area (Å²) in [6.07, 6.45) is 4.67. The molecule has 0 bridgehead atoms. The Bertz CT molecular complexity index is 775. The van der Waals surface area contributed by atoms with Gasteiger partial charge in [-0.3, -0.25) is 4.79 Å². The average Bonchev–Trinajstić information content (AvgIpc) is 2.48. The first-order valence-corrected chi connectivity index (χ1v) is 6.52. The number of carbonyl (C=O) groups is 1. The third-order valence-electron chi connectivity index (χ3n) is 2.53. The van der Waals surface area contributed by atoms with Gasteiger partial charge in [0.25, 0.3) is 5.91 Å². The lowest BCUT2D eigenvalue weighted by atomic mass is 10.3. The molecule has 7 heteroatoms. The Morgan fingerprint density at radius 3 is 2.70 bits per heavy atom. The van der Waals surface area contributed by atoms with Gasteiger partial charge in [0.15, 0.2) is 5.65 Å². The van der Waals surface area contributed by atoms with Crippen LogP contribution in [0.15, 0.2) is 47.3 Å². The van der Waals surface area contributed by atoms with E-state index in [2.05, 4.69) is 41.2 Å². The van der Waals surface area contributed by atoms with Crippen molar-refractivity contribution in [1.29, 1.82) is 0 Å². The van der Waals surface area contributed by atoms with Crippen LogP contribution in [0.3, 0.4) is 0 Å². The quantitative estimate of drug-likeness (QED) is 0.780. The Kier molecular flexibility index (Phi) is 3.34. The van der Waals surface area contributed by atoms with Gasteiger partial charge >= 0.3 is 0 Å². The molecule has 1 amide bonds. The lowest BCUT2D eigenvalue weighted by molar-refractivity contribution is 0.101. The number of carbonyl (C=O) groups excluding carboxylic acids is 1. The molecule has 0 unspecified atom stereocenters.